The molecule has 1 aromatic heterocycles. The lowest BCUT2D eigenvalue weighted by atomic mass is 10.1. The summed E-state index contributed by atoms with van der Waals surface area (Å²) in [6, 6.07) is 5.21. The Balaban J connectivity index is 2.20. The molecule has 0 amide bonds. The quantitative estimate of drug-likeness (QED) is 0.662. The Kier molecular flexibility index (Phi) is 4.52. The lowest BCUT2D eigenvalue weighted by molar-refractivity contribution is -0.386. The summed E-state index contributed by atoms with van der Waals surface area (Å²) >= 11 is 1.62. The summed E-state index contributed by atoms with van der Waals surface area (Å²) < 4.78 is 26.8. The molecule has 0 aliphatic rings. The van der Waals surface area contributed by atoms with Crippen molar-refractivity contribution in [2.24, 2.45) is 0 Å². The van der Waals surface area contributed by atoms with Crippen LogP contribution in [0.4, 0.5) is 20.2 Å². The van der Waals surface area contributed by atoms with Gasteiger partial charge in [-0.3, -0.25) is 10.1 Å². The zero-order chi connectivity index (χ0) is 15.6. The molecule has 1 N–H and O–H groups in total. The largest absolute Gasteiger partial charge is 0.376 e. The molecule has 21 heavy (non-hydrogen) atoms. The van der Waals surface area contributed by atoms with Gasteiger partial charge >= 0.3 is 5.69 Å². The Bertz CT molecular complexity index is 673. The van der Waals surface area contributed by atoms with E-state index in [0.29, 0.717) is 12.5 Å². The molecule has 0 saturated carbocycles. The van der Waals surface area contributed by atoms with E-state index in [-0.39, 0.29) is 11.7 Å². The Morgan fingerprint density at radius 3 is 2.67 bits per heavy atom. The van der Waals surface area contributed by atoms with E-state index < -0.39 is 22.2 Å². The summed E-state index contributed by atoms with van der Waals surface area (Å²) in [6.45, 7) is 3.79. The summed E-state index contributed by atoms with van der Waals surface area (Å²) in [5.74, 6) is -2.03. The van der Waals surface area contributed by atoms with Crippen LogP contribution in [0.1, 0.15) is 16.7 Å². The van der Waals surface area contributed by atoms with Crippen molar-refractivity contribution in [3.63, 3.8) is 0 Å². The number of hydrogen-bond donors (Lipinski definition) is 1. The van der Waals surface area contributed by atoms with Crippen LogP contribution in [0.25, 0.3) is 0 Å². The number of thiophene rings is 1. The van der Waals surface area contributed by atoms with E-state index in [9.17, 15) is 18.9 Å². The van der Waals surface area contributed by atoms with Crippen LogP contribution in [-0.2, 0) is 6.42 Å². The van der Waals surface area contributed by atoms with Gasteiger partial charge < -0.3 is 5.32 Å². The Morgan fingerprint density at radius 1 is 1.38 bits per heavy atom. The minimum Gasteiger partial charge on any atom is -0.376 e. The van der Waals surface area contributed by atoms with Crippen molar-refractivity contribution in [1.82, 2.24) is 0 Å². The van der Waals surface area contributed by atoms with Gasteiger partial charge in [-0.1, -0.05) is 0 Å². The van der Waals surface area contributed by atoms with E-state index >= 15 is 0 Å². The predicted molar refractivity (Wildman–Crippen MR) is 78.9 cm³/mol. The van der Waals surface area contributed by atoms with Crippen molar-refractivity contribution in [2.45, 2.75) is 26.3 Å². The minimum atomic E-state index is -1.18. The van der Waals surface area contributed by atoms with Crippen molar-refractivity contribution < 1.29 is 13.7 Å². The van der Waals surface area contributed by atoms with Crippen LogP contribution in [0, 0.1) is 28.7 Å². The van der Waals surface area contributed by atoms with Crippen molar-refractivity contribution in [1.29, 1.82) is 0 Å². The third-order valence-electron chi connectivity index (χ3n) is 2.92. The third-order valence-corrected chi connectivity index (χ3v) is 3.94. The number of nitro groups is 1. The Morgan fingerprint density at radius 2 is 2.10 bits per heavy atom. The maximum absolute atomic E-state index is 13.5. The highest BCUT2D eigenvalue weighted by molar-refractivity contribution is 7.11. The number of benzene rings is 1. The van der Waals surface area contributed by atoms with Gasteiger partial charge in [-0.05, 0) is 26.0 Å². The molecule has 0 spiro atoms. The zero-order valence-electron chi connectivity index (χ0n) is 11.5. The molecule has 2 rings (SSSR count). The van der Waals surface area contributed by atoms with Crippen LogP contribution >= 0.6 is 11.3 Å². The fraction of sp³-hybridized carbons (Fsp3) is 0.286. The monoisotopic (exact) mass is 312 g/mol. The summed E-state index contributed by atoms with van der Waals surface area (Å²) in [5, 5.41) is 13.7. The molecule has 1 heterocycles. The van der Waals surface area contributed by atoms with E-state index in [1.165, 1.54) is 4.88 Å². The predicted octanol–water partition coefficient (Wildman–Crippen LogP) is 4.29. The molecule has 0 aliphatic heterocycles. The lowest BCUT2D eigenvalue weighted by Crippen LogP contribution is -2.19. The van der Waals surface area contributed by atoms with Crippen LogP contribution in [0.2, 0.25) is 0 Å². The van der Waals surface area contributed by atoms with Crippen LogP contribution in [0.5, 0.6) is 0 Å². The number of nitro benzene ring substituents is 1. The normalized spacial score (nSPS) is 12.2. The van der Waals surface area contributed by atoms with Crippen LogP contribution in [0.15, 0.2) is 24.3 Å². The molecule has 0 bridgehead atoms. The lowest BCUT2D eigenvalue weighted by Gasteiger charge is -2.14. The van der Waals surface area contributed by atoms with Crippen LogP contribution in [-0.4, -0.2) is 11.0 Å². The summed E-state index contributed by atoms with van der Waals surface area (Å²) in [7, 11) is 0. The van der Waals surface area contributed by atoms with E-state index in [2.05, 4.69) is 5.32 Å². The number of anilines is 1. The molecule has 2 aromatic rings. The standard InChI is InChI=1S/C14H14F2N2O2S/c1-8(5-11-4-3-9(2)21-11)17-13-7-10(15)6-12(16)14(13)18(19)20/h3-4,6-8,17H,5H2,1-2H3. The highest BCUT2D eigenvalue weighted by Gasteiger charge is 2.23. The summed E-state index contributed by atoms with van der Waals surface area (Å²) in [5.41, 5.74) is -0.871. The zero-order valence-corrected chi connectivity index (χ0v) is 12.3. The van der Waals surface area contributed by atoms with Crippen molar-refractivity contribution >= 4 is 22.7 Å². The molecule has 112 valence electrons. The molecule has 1 unspecified atom stereocenters. The van der Waals surface area contributed by atoms with Gasteiger partial charge in [-0.2, -0.15) is 4.39 Å². The molecular weight excluding hydrogens is 298 g/mol. The average Bonchev–Trinajstić information content (AvgIpc) is 2.72. The maximum Gasteiger partial charge on any atom is 0.327 e. The highest BCUT2D eigenvalue weighted by atomic mass is 32.1. The molecule has 7 heteroatoms. The third kappa shape index (κ3) is 3.75. The van der Waals surface area contributed by atoms with Crippen molar-refractivity contribution in [3.05, 3.63) is 55.8 Å². The second-order valence-corrected chi connectivity index (χ2v) is 6.18. The van der Waals surface area contributed by atoms with Crippen molar-refractivity contribution in [2.75, 3.05) is 5.32 Å². The molecule has 0 saturated heterocycles. The van der Waals surface area contributed by atoms with Crippen LogP contribution < -0.4 is 5.32 Å². The van der Waals surface area contributed by atoms with Gasteiger partial charge in [0.2, 0.25) is 5.82 Å². The van der Waals surface area contributed by atoms with E-state index in [0.717, 1.165) is 10.9 Å². The summed E-state index contributed by atoms with van der Waals surface area (Å²) in [6.07, 6.45) is 0.619. The van der Waals surface area contributed by atoms with Crippen LogP contribution in [0.3, 0.4) is 0 Å². The number of halogens is 2. The molecule has 0 aliphatic carbocycles. The highest BCUT2D eigenvalue weighted by Crippen LogP contribution is 2.30. The van der Waals surface area contributed by atoms with Gasteiger partial charge in [-0.25, -0.2) is 4.39 Å². The van der Waals surface area contributed by atoms with Gasteiger partial charge in [-0.15, -0.1) is 11.3 Å². The molecule has 1 atom stereocenters. The molecule has 0 fully saturated rings. The van der Waals surface area contributed by atoms with E-state index in [1.54, 1.807) is 11.3 Å². The SMILES string of the molecule is Cc1ccc(CC(C)Nc2cc(F)cc(F)c2[N+](=O)[O-])s1. The Hall–Kier alpha value is -2.02. The van der Waals surface area contributed by atoms with E-state index in [1.807, 2.05) is 26.0 Å². The number of nitrogens with zero attached hydrogens (tertiary/aromatic N) is 1. The second kappa shape index (κ2) is 6.17. The number of nitrogens with one attached hydrogen (secondary N) is 1. The van der Waals surface area contributed by atoms with E-state index in [4.69, 9.17) is 0 Å². The molecule has 0 radical (unpaired) electrons. The second-order valence-electron chi connectivity index (χ2n) is 4.80. The first-order chi connectivity index (χ1) is 9.86. The topological polar surface area (TPSA) is 55.2 Å². The van der Waals surface area contributed by atoms with Crippen molar-refractivity contribution in [3.8, 4) is 0 Å². The smallest absolute Gasteiger partial charge is 0.327 e. The first kappa shape index (κ1) is 15.4. The average molecular weight is 312 g/mol. The van der Waals surface area contributed by atoms with Gasteiger partial charge in [0.05, 0.1) is 4.92 Å². The number of hydrogen-bond acceptors (Lipinski definition) is 4. The maximum atomic E-state index is 13.5. The molecule has 4 nitrogen and oxygen atoms in total. The first-order valence-corrected chi connectivity index (χ1v) is 7.13. The molecular formula is C14H14F2N2O2S. The fourth-order valence-electron chi connectivity index (χ4n) is 2.07. The molecule has 1 aromatic carbocycles. The summed E-state index contributed by atoms with van der Waals surface area (Å²) in [4.78, 5) is 12.3. The fourth-order valence-corrected chi connectivity index (χ4v) is 3.09. The van der Waals surface area contributed by atoms with Gasteiger partial charge in [0, 0.05) is 34.3 Å². The van der Waals surface area contributed by atoms with Gasteiger partial charge in [0.1, 0.15) is 11.5 Å². The van der Waals surface area contributed by atoms with Gasteiger partial charge in [0.15, 0.2) is 0 Å². The number of rotatable bonds is 5. The number of aryl methyl sites for hydroxylation is 1. The first-order valence-electron chi connectivity index (χ1n) is 6.32. The Labute approximate surface area is 124 Å². The minimum absolute atomic E-state index is 0.140. The van der Waals surface area contributed by atoms with Gasteiger partial charge in [0.25, 0.3) is 0 Å².